The fourth-order valence-corrected chi connectivity index (χ4v) is 6.08. The average molecular weight is 608 g/mol. The number of urea groups is 1. The first kappa shape index (κ1) is 29.9. The first-order valence-electron chi connectivity index (χ1n) is 14.9. The Kier molecular flexibility index (Phi) is 8.21. The molecule has 2 aliphatic heterocycles. The maximum Gasteiger partial charge on any atom is 0.416 e. The van der Waals surface area contributed by atoms with Crippen LogP contribution in [0, 0.1) is 6.92 Å². The zero-order valence-corrected chi connectivity index (χ0v) is 25.0. The van der Waals surface area contributed by atoms with Gasteiger partial charge in [-0.05, 0) is 54.9 Å². The summed E-state index contributed by atoms with van der Waals surface area (Å²) in [5.41, 5.74) is 2.96. The summed E-state index contributed by atoms with van der Waals surface area (Å²) in [6.45, 7) is 10.9. The van der Waals surface area contributed by atoms with E-state index < -0.39 is 17.8 Å². The molecular formula is C32H36F3N7O2. The van der Waals surface area contributed by atoms with Gasteiger partial charge in [-0.2, -0.15) is 13.2 Å². The standard InChI is InChI=1S/C32H36F3N7O2/c1-4-40-9-11-41(12-10-40)18-22-5-6-24(15-27(22)32(33,34)35)39-31(43)42-17-20(2)29-23(19-42)14-25(16-37-29)44-28-7-8-36-30-26(28)13-21(3)38-30/h5-8,13-16,20H,4,9-12,17-19H2,1-3H3,(H,36,38)(H,39,43)/t20-/m1/s1. The Balaban J connectivity index is 1.16. The lowest BCUT2D eigenvalue weighted by Crippen LogP contribution is -2.45. The van der Waals surface area contributed by atoms with Crippen molar-refractivity contribution in [1.29, 1.82) is 0 Å². The van der Waals surface area contributed by atoms with E-state index in [1.54, 1.807) is 29.4 Å². The molecule has 0 saturated carbocycles. The summed E-state index contributed by atoms with van der Waals surface area (Å²) in [5.74, 6) is 1.08. The van der Waals surface area contributed by atoms with Gasteiger partial charge in [0.2, 0.25) is 0 Å². The van der Waals surface area contributed by atoms with Crippen molar-refractivity contribution in [3.05, 3.63) is 76.9 Å². The quantitative estimate of drug-likeness (QED) is 0.265. The van der Waals surface area contributed by atoms with Crippen molar-refractivity contribution in [2.45, 2.75) is 46.0 Å². The smallest absolute Gasteiger partial charge is 0.416 e. The van der Waals surface area contributed by atoms with E-state index in [-0.39, 0.29) is 30.3 Å². The predicted molar refractivity (Wildman–Crippen MR) is 162 cm³/mol. The van der Waals surface area contributed by atoms with E-state index in [1.165, 1.54) is 6.07 Å². The molecule has 44 heavy (non-hydrogen) atoms. The summed E-state index contributed by atoms with van der Waals surface area (Å²) in [5, 5.41) is 3.55. The molecule has 12 heteroatoms. The van der Waals surface area contributed by atoms with Crippen LogP contribution < -0.4 is 10.1 Å². The van der Waals surface area contributed by atoms with Crippen molar-refractivity contribution in [2.75, 3.05) is 44.6 Å². The lowest BCUT2D eigenvalue weighted by Gasteiger charge is -2.34. The Bertz CT molecular complexity index is 1660. The van der Waals surface area contributed by atoms with Crippen LogP contribution in [0.15, 0.2) is 48.8 Å². The van der Waals surface area contributed by atoms with Crippen LogP contribution in [-0.4, -0.2) is 75.0 Å². The van der Waals surface area contributed by atoms with Gasteiger partial charge < -0.3 is 24.8 Å². The number of aromatic amines is 1. The SMILES string of the molecule is CCN1CCN(Cc2ccc(NC(=O)N3Cc4cc(Oc5ccnc6[nH]c(C)cc56)cnc4[C@H](C)C3)cc2C(F)(F)F)CC1. The number of aromatic nitrogens is 3. The van der Waals surface area contributed by atoms with Crippen molar-refractivity contribution in [3.8, 4) is 11.5 Å². The first-order valence-corrected chi connectivity index (χ1v) is 14.9. The van der Waals surface area contributed by atoms with Crippen LogP contribution in [0.2, 0.25) is 0 Å². The zero-order chi connectivity index (χ0) is 31.0. The molecule has 0 spiro atoms. The lowest BCUT2D eigenvalue weighted by atomic mass is 9.96. The van der Waals surface area contributed by atoms with Crippen molar-refractivity contribution in [2.24, 2.45) is 0 Å². The Morgan fingerprint density at radius 2 is 1.86 bits per heavy atom. The average Bonchev–Trinajstić information content (AvgIpc) is 3.39. The van der Waals surface area contributed by atoms with Crippen molar-refractivity contribution < 1.29 is 22.7 Å². The third-order valence-electron chi connectivity index (χ3n) is 8.41. The van der Waals surface area contributed by atoms with Gasteiger partial charge in [0, 0.05) is 69.3 Å². The summed E-state index contributed by atoms with van der Waals surface area (Å²) in [4.78, 5) is 31.4. The number of piperazine rings is 1. The topological polar surface area (TPSA) is 89.6 Å². The van der Waals surface area contributed by atoms with Crippen molar-refractivity contribution in [3.63, 3.8) is 0 Å². The highest BCUT2D eigenvalue weighted by Gasteiger charge is 2.35. The fraction of sp³-hybridized carbons (Fsp3) is 0.406. The monoisotopic (exact) mass is 607 g/mol. The molecule has 2 N–H and O–H groups in total. The number of hydrogen-bond donors (Lipinski definition) is 2. The van der Waals surface area contributed by atoms with Crippen molar-refractivity contribution >= 4 is 22.8 Å². The first-order chi connectivity index (χ1) is 21.1. The number of halogens is 3. The highest BCUT2D eigenvalue weighted by atomic mass is 19.4. The number of alkyl halides is 3. The van der Waals surface area contributed by atoms with E-state index in [2.05, 4.69) is 32.1 Å². The maximum absolute atomic E-state index is 14.1. The molecule has 0 bridgehead atoms. The number of fused-ring (bicyclic) bond motifs is 2. The van der Waals surface area contributed by atoms with Gasteiger partial charge in [-0.15, -0.1) is 0 Å². The molecule has 2 amide bonds. The molecule has 5 heterocycles. The minimum absolute atomic E-state index is 0.0696. The molecule has 1 atom stereocenters. The number of amides is 2. The van der Waals surface area contributed by atoms with Gasteiger partial charge in [-0.1, -0.05) is 19.9 Å². The highest BCUT2D eigenvalue weighted by molar-refractivity contribution is 5.89. The molecule has 0 aliphatic carbocycles. The molecule has 1 saturated heterocycles. The molecular weight excluding hydrogens is 571 g/mol. The molecule has 6 rings (SSSR count). The summed E-state index contributed by atoms with van der Waals surface area (Å²) in [6, 6.07) is 9.21. The van der Waals surface area contributed by atoms with E-state index in [4.69, 9.17) is 4.74 Å². The second kappa shape index (κ2) is 12.1. The summed E-state index contributed by atoms with van der Waals surface area (Å²) < 4.78 is 48.5. The Labute approximate surface area is 254 Å². The minimum Gasteiger partial charge on any atom is -0.455 e. The molecule has 232 valence electrons. The number of nitrogens with one attached hydrogen (secondary N) is 2. The van der Waals surface area contributed by atoms with Gasteiger partial charge in [0.15, 0.2) is 0 Å². The van der Waals surface area contributed by atoms with Gasteiger partial charge >= 0.3 is 12.2 Å². The molecule has 9 nitrogen and oxygen atoms in total. The second-order valence-electron chi connectivity index (χ2n) is 11.6. The Hall–Kier alpha value is -4.16. The third-order valence-corrected chi connectivity index (χ3v) is 8.41. The zero-order valence-electron chi connectivity index (χ0n) is 25.0. The minimum atomic E-state index is -4.54. The summed E-state index contributed by atoms with van der Waals surface area (Å²) in [6.07, 6.45) is -1.21. The number of hydrogen-bond acceptors (Lipinski definition) is 6. The molecule has 3 aromatic heterocycles. The van der Waals surface area contributed by atoms with Crippen LogP contribution in [0.5, 0.6) is 11.5 Å². The summed E-state index contributed by atoms with van der Waals surface area (Å²) >= 11 is 0. The predicted octanol–water partition coefficient (Wildman–Crippen LogP) is 6.37. The van der Waals surface area contributed by atoms with E-state index in [9.17, 15) is 18.0 Å². The normalized spacial score (nSPS) is 18.0. The van der Waals surface area contributed by atoms with Gasteiger partial charge in [-0.3, -0.25) is 9.88 Å². The van der Waals surface area contributed by atoms with Crippen LogP contribution in [0.1, 0.15) is 47.8 Å². The van der Waals surface area contributed by atoms with Gasteiger partial charge in [-0.25, -0.2) is 9.78 Å². The van der Waals surface area contributed by atoms with Gasteiger partial charge in [0.25, 0.3) is 0 Å². The largest absolute Gasteiger partial charge is 0.455 e. The number of anilines is 1. The number of carbonyl (C=O) groups is 1. The number of pyridine rings is 2. The van der Waals surface area contributed by atoms with E-state index in [0.717, 1.165) is 66.8 Å². The van der Waals surface area contributed by atoms with Crippen LogP contribution in [0.3, 0.4) is 0 Å². The van der Waals surface area contributed by atoms with Gasteiger partial charge in [0.05, 0.1) is 22.8 Å². The third kappa shape index (κ3) is 6.36. The molecule has 2 aliphatic rings. The molecule has 4 aromatic rings. The Morgan fingerprint density at radius 1 is 1.09 bits per heavy atom. The summed E-state index contributed by atoms with van der Waals surface area (Å²) in [7, 11) is 0. The van der Waals surface area contributed by atoms with Crippen molar-refractivity contribution in [1.82, 2.24) is 29.7 Å². The van der Waals surface area contributed by atoms with E-state index in [1.807, 2.05) is 30.9 Å². The number of H-pyrrole nitrogens is 1. The molecule has 1 fully saturated rings. The van der Waals surface area contributed by atoms with Gasteiger partial charge in [0.1, 0.15) is 17.1 Å². The number of aryl methyl sites for hydroxylation is 1. The van der Waals surface area contributed by atoms with Crippen LogP contribution in [0.4, 0.5) is 23.7 Å². The fourth-order valence-electron chi connectivity index (χ4n) is 6.08. The number of rotatable bonds is 6. The van der Waals surface area contributed by atoms with Crippen LogP contribution in [0.25, 0.3) is 11.0 Å². The maximum atomic E-state index is 14.1. The number of ether oxygens (including phenoxy) is 1. The number of carbonyl (C=O) groups excluding carboxylic acids is 1. The van der Waals surface area contributed by atoms with E-state index >= 15 is 0 Å². The van der Waals surface area contributed by atoms with E-state index in [0.29, 0.717) is 18.0 Å². The second-order valence-corrected chi connectivity index (χ2v) is 11.6. The highest BCUT2D eigenvalue weighted by Crippen LogP contribution is 2.36. The molecule has 1 aromatic carbocycles. The Morgan fingerprint density at radius 3 is 2.61 bits per heavy atom. The number of likely N-dealkylation sites (N-methyl/N-ethyl adjacent to an activating group) is 1. The van der Waals surface area contributed by atoms with Crippen LogP contribution in [-0.2, 0) is 19.3 Å². The number of nitrogens with zero attached hydrogens (tertiary/aromatic N) is 5. The molecule has 0 unspecified atom stereocenters. The van der Waals surface area contributed by atoms with Crippen LogP contribution >= 0.6 is 0 Å². The molecule has 0 radical (unpaired) electrons. The number of benzene rings is 1. The lowest BCUT2D eigenvalue weighted by molar-refractivity contribution is -0.138.